The lowest BCUT2D eigenvalue weighted by molar-refractivity contribution is -0.149. The number of methoxy groups -OCH3 is 2. The van der Waals surface area contributed by atoms with Crippen molar-refractivity contribution in [2.45, 2.75) is 94.2 Å². The highest BCUT2D eigenvalue weighted by Gasteiger charge is 2.44. The lowest BCUT2D eigenvalue weighted by atomic mass is 9.95. The average Bonchev–Trinajstić information content (AvgIpc) is 3.31. The van der Waals surface area contributed by atoms with Crippen LogP contribution in [-0.2, 0) is 23.9 Å². The zero-order valence-electron chi connectivity index (χ0n) is 31.7. The predicted molar refractivity (Wildman–Crippen MR) is 202 cm³/mol. The largest absolute Gasteiger partial charge is 0.509 e. The van der Waals surface area contributed by atoms with Gasteiger partial charge in [0, 0.05) is 5.41 Å². The van der Waals surface area contributed by atoms with E-state index in [2.05, 4.69) is 10.6 Å². The van der Waals surface area contributed by atoms with Crippen molar-refractivity contribution in [1.82, 2.24) is 10.6 Å². The summed E-state index contributed by atoms with van der Waals surface area (Å²) >= 11 is 17.7. The molecular weight excluding hydrogens is 719 g/mol. The topological polar surface area (TPSA) is 140 Å². The summed E-state index contributed by atoms with van der Waals surface area (Å²) in [6.07, 6.45) is 0. The molecule has 0 aliphatic carbocycles. The maximum absolute atomic E-state index is 12.7. The van der Waals surface area contributed by atoms with Gasteiger partial charge < -0.3 is 30.0 Å². The number of aryl methyl sites for hydroxylation is 2. The van der Waals surface area contributed by atoms with Gasteiger partial charge in [0.1, 0.15) is 23.0 Å². The Morgan fingerprint density at radius 3 is 1.41 bits per heavy atom. The summed E-state index contributed by atoms with van der Waals surface area (Å²) in [6.45, 7) is 21.4. The van der Waals surface area contributed by atoms with Crippen molar-refractivity contribution in [3.05, 3.63) is 68.1 Å². The van der Waals surface area contributed by atoms with Crippen molar-refractivity contribution in [1.29, 1.82) is 0 Å². The molecule has 13 heteroatoms. The molecule has 4 rings (SSSR count). The number of amides is 2. The lowest BCUT2D eigenvalue weighted by Gasteiger charge is -2.25. The van der Waals surface area contributed by atoms with Crippen LogP contribution in [0.15, 0.2) is 35.8 Å². The smallest absolute Gasteiger partial charge is 0.316 e. The summed E-state index contributed by atoms with van der Waals surface area (Å²) in [5.74, 6) is 0.0173. The first-order valence-electron chi connectivity index (χ1n) is 16.0. The molecule has 10 nitrogen and oxygen atoms in total. The van der Waals surface area contributed by atoms with Gasteiger partial charge in [0.25, 0.3) is 11.8 Å². The molecule has 2 aliphatic heterocycles. The Labute approximate surface area is 315 Å². The molecule has 2 aromatic carbocycles. The number of halogens is 3. The van der Waals surface area contributed by atoms with E-state index in [1.807, 2.05) is 13.8 Å². The van der Waals surface area contributed by atoms with Gasteiger partial charge in [0.2, 0.25) is 5.24 Å². The first-order valence-corrected chi connectivity index (χ1v) is 17.2. The zero-order chi connectivity index (χ0) is 39.6. The Kier molecular flexibility index (Phi) is 13.5. The molecule has 280 valence electrons. The second-order valence-electron chi connectivity index (χ2n) is 15.4. The van der Waals surface area contributed by atoms with E-state index in [9.17, 15) is 24.3 Å². The fourth-order valence-electron chi connectivity index (χ4n) is 4.76. The maximum Gasteiger partial charge on any atom is 0.316 e. The molecule has 0 saturated heterocycles. The molecule has 2 aliphatic rings. The summed E-state index contributed by atoms with van der Waals surface area (Å²) < 4.78 is 16.3. The van der Waals surface area contributed by atoms with E-state index >= 15 is 0 Å². The summed E-state index contributed by atoms with van der Waals surface area (Å²) in [5, 5.41) is 16.2. The highest BCUT2D eigenvalue weighted by molar-refractivity contribution is 6.64. The molecule has 2 aromatic rings. The third-order valence-electron chi connectivity index (χ3n) is 7.66. The molecule has 2 heterocycles. The second kappa shape index (κ2) is 15.9. The number of aliphatic hydroxyl groups excluding tert-OH is 1. The van der Waals surface area contributed by atoms with E-state index in [-0.39, 0.29) is 45.1 Å². The predicted octanol–water partition coefficient (Wildman–Crippen LogP) is 8.50. The molecule has 0 radical (unpaired) electrons. The van der Waals surface area contributed by atoms with Gasteiger partial charge in [-0.15, -0.1) is 0 Å². The maximum atomic E-state index is 12.7. The molecule has 0 unspecified atom stereocenters. The van der Waals surface area contributed by atoms with Gasteiger partial charge >= 0.3 is 5.97 Å². The van der Waals surface area contributed by atoms with E-state index in [0.29, 0.717) is 32.7 Å². The SMILES string of the molecule is CC(C)(C)C(=O)Cl.COc1cc(C)cc(Cl)c1C1=C(O)C(C)(C)NC1=O.COc1cc(C)cc(Cl)c1C1=C(OC(=O)C(C)(C)C)C(C)(C)NC1=O. The monoisotopic (exact) mass is 766 g/mol. The Morgan fingerprint density at radius 2 is 1.08 bits per heavy atom. The van der Waals surface area contributed by atoms with Crippen molar-refractivity contribution in [2.24, 2.45) is 10.8 Å². The highest BCUT2D eigenvalue weighted by atomic mass is 35.5. The van der Waals surface area contributed by atoms with Crippen molar-refractivity contribution in [3.63, 3.8) is 0 Å². The van der Waals surface area contributed by atoms with E-state index in [1.165, 1.54) is 14.2 Å². The fourth-order valence-corrected chi connectivity index (χ4v) is 5.48. The van der Waals surface area contributed by atoms with E-state index in [0.717, 1.165) is 11.1 Å². The van der Waals surface area contributed by atoms with Crippen LogP contribution in [0, 0.1) is 24.7 Å². The van der Waals surface area contributed by atoms with Crippen LogP contribution >= 0.6 is 34.8 Å². The number of benzene rings is 2. The molecule has 0 saturated carbocycles. The molecule has 0 spiro atoms. The van der Waals surface area contributed by atoms with E-state index in [1.54, 1.807) is 93.5 Å². The van der Waals surface area contributed by atoms with Crippen LogP contribution in [0.2, 0.25) is 10.0 Å². The van der Waals surface area contributed by atoms with E-state index < -0.39 is 22.5 Å². The first kappa shape index (κ1) is 43.4. The molecular formula is C38H49Cl3N2O8. The summed E-state index contributed by atoms with van der Waals surface area (Å²) in [7, 11) is 3.01. The number of nitrogens with one attached hydrogen (secondary N) is 2. The quantitative estimate of drug-likeness (QED) is 0.203. The Bertz CT molecular complexity index is 1800. The van der Waals surface area contributed by atoms with Crippen molar-refractivity contribution in [2.75, 3.05) is 14.2 Å². The molecule has 0 aromatic heterocycles. The number of carbonyl (C=O) groups is 4. The van der Waals surface area contributed by atoms with Gasteiger partial charge in [-0.25, -0.2) is 0 Å². The summed E-state index contributed by atoms with van der Waals surface area (Å²) in [5.41, 5.74) is 0.349. The second-order valence-corrected chi connectivity index (χ2v) is 16.6. The number of hydrogen-bond donors (Lipinski definition) is 3. The number of carbonyl (C=O) groups excluding carboxylic acids is 4. The minimum Gasteiger partial charge on any atom is -0.509 e. The van der Waals surface area contributed by atoms with Crippen LogP contribution in [0.1, 0.15) is 91.5 Å². The van der Waals surface area contributed by atoms with E-state index in [4.69, 9.17) is 49.0 Å². The van der Waals surface area contributed by atoms with Crippen molar-refractivity contribution in [3.8, 4) is 11.5 Å². The first-order chi connectivity index (χ1) is 23.1. The lowest BCUT2D eigenvalue weighted by Crippen LogP contribution is -2.40. The fraction of sp³-hybridized carbons (Fsp3) is 0.474. The third-order valence-corrected chi connectivity index (χ3v) is 8.83. The van der Waals surface area contributed by atoms with Gasteiger partial charge in [0.15, 0.2) is 0 Å². The number of hydrogen-bond acceptors (Lipinski definition) is 8. The minimum atomic E-state index is -0.841. The number of ether oxygens (including phenoxy) is 3. The Morgan fingerprint density at radius 1 is 0.706 bits per heavy atom. The van der Waals surface area contributed by atoms with Crippen LogP contribution in [0.3, 0.4) is 0 Å². The van der Waals surface area contributed by atoms with Gasteiger partial charge in [-0.2, -0.15) is 0 Å². The van der Waals surface area contributed by atoms with Crippen molar-refractivity contribution < 1.29 is 38.5 Å². The van der Waals surface area contributed by atoms with Crippen molar-refractivity contribution >= 4 is 69.0 Å². The van der Waals surface area contributed by atoms with Gasteiger partial charge in [-0.05, 0) is 109 Å². The Balaban J connectivity index is 0.000000305. The number of aliphatic hydroxyl groups is 1. The van der Waals surface area contributed by atoms with Crippen LogP contribution in [0.5, 0.6) is 11.5 Å². The average molecular weight is 768 g/mol. The number of esters is 1. The van der Waals surface area contributed by atoms with Crippen LogP contribution in [0.25, 0.3) is 11.1 Å². The molecule has 3 N–H and O–H groups in total. The highest BCUT2D eigenvalue weighted by Crippen LogP contribution is 2.43. The van der Waals surface area contributed by atoms with Gasteiger partial charge in [-0.1, -0.05) is 44.0 Å². The molecule has 0 bridgehead atoms. The molecule has 51 heavy (non-hydrogen) atoms. The molecule has 0 fully saturated rings. The summed E-state index contributed by atoms with van der Waals surface area (Å²) in [4.78, 5) is 47.4. The van der Waals surface area contributed by atoms with Gasteiger partial charge in [0.05, 0.1) is 63.0 Å². The zero-order valence-corrected chi connectivity index (χ0v) is 34.0. The third kappa shape index (κ3) is 10.2. The minimum absolute atomic E-state index is 0.0263. The normalized spacial score (nSPS) is 16.3. The Hall–Kier alpha value is -3.73. The summed E-state index contributed by atoms with van der Waals surface area (Å²) in [6, 6.07) is 7.04. The number of rotatable bonds is 5. The van der Waals surface area contributed by atoms with Crippen LogP contribution < -0.4 is 20.1 Å². The molecule has 2 amide bonds. The van der Waals surface area contributed by atoms with Gasteiger partial charge in [-0.3, -0.25) is 19.2 Å². The molecule has 0 atom stereocenters. The van der Waals surface area contributed by atoms with Crippen LogP contribution in [-0.4, -0.2) is 53.4 Å². The standard InChI is InChI=1S/C19H24ClNO4.C14H16ClNO3.C5H9ClO/c1-10-8-11(20)13(12(9-10)24-7)14-15(19(5,6)21-16(14)22)25-17(23)18(2,3)4;1-7-5-8(15)10(9(6-7)19-4)11-12(17)14(2,3)16-13(11)18;1-5(2,3)4(6)7/h8-9H,1-7H3,(H,21,22);5-6,17H,1-4H3,(H,16,18);1-3H3. The van der Waals surface area contributed by atoms with Crippen LogP contribution in [0.4, 0.5) is 0 Å².